The standard InChI is InChI=1S/C14H24N2O3.C2H6/c1-5-7-12(17)15-8-6-9-16(11-10-15)13(18)19-14(2,3)4;1-2/h5,7H,6,8-11H2,1-4H3;1-2H3/b7-5+;. The fourth-order valence-electron chi connectivity index (χ4n) is 1.89. The molecule has 21 heavy (non-hydrogen) atoms. The number of allylic oxidation sites excluding steroid dienone is 1. The largest absolute Gasteiger partial charge is 0.444 e. The van der Waals surface area contributed by atoms with Gasteiger partial charge in [0, 0.05) is 26.2 Å². The summed E-state index contributed by atoms with van der Waals surface area (Å²) in [4.78, 5) is 27.2. The van der Waals surface area contributed by atoms with Crippen molar-refractivity contribution in [3.8, 4) is 0 Å². The molecule has 0 aromatic carbocycles. The van der Waals surface area contributed by atoms with Gasteiger partial charge in [-0.25, -0.2) is 4.79 Å². The first kappa shape index (κ1) is 19.5. The highest BCUT2D eigenvalue weighted by Crippen LogP contribution is 2.12. The number of carbonyl (C=O) groups excluding carboxylic acids is 2. The molecule has 5 nitrogen and oxygen atoms in total. The summed E-state index contributed by atoms with van der Waals surface area (Å²) in [6.07, 6.45) is 3.78. The number of hydrogen-bond acceptors (Lipinski definition) is 3. The van der Waals surface area contributed by atoms with Crippen LogP contribution in [0.4, 0.5) is 4.79 Å². The normalized spacial score (nSPS) is 16.1. The Kier molecular flexibility index (Phi) is 8.74. The zero-order valence-corrected chi connectivity index (χ0v) is 14.3. The van der Waals surface area contributed by atoms with Crippen LogP contribution in [0.1, 0.15) is 48.0 Å². The third-order valence-corrected chi connectivity index (χ3v) is 2.77. The van der Waals surface area contributed by atoms with E-state index in [1.165, 1.54) is 0 Å². The van der Waals surface area contributed by atoms with E-state index in [1.807, 2.05) is 41.5 Å². The van der Waals surface area contributed by atoms with Crippen LogP contribution < -0.4 is 0 Å². The molecule has 0 radical (unpaired) electrons. The van der Waals surface area contributed by atoms with E-state index < -0.39 is 5.60 Å². The molecule has 0 aromatic heterocycles. The van der Waals surface area contributed by atoms with Crippen molar-refractivity contribution in [1.82, 2.24) is 9.80 Å². The molecule has 1 rings (SSSR count). The lowest BCUT2D eigenvalue weighted by atomic mass is 10.2. The number of hydrogen-bond donors (Lipinski definition) is 0. The van der Waals surface area contributed by atoms with Gasteiger partial charge in [-0.1, -0.05) is 19.9 Å². The van der Waals surface area contributed by atoms with Gasteiger partial charge in [0.05, 0.1) is 0 Å². The van der Waals surface area contributed by atoms with E-state index in [0.717, 1.165) is 6.42 Å². The Hall–Kier alpha value is -1.52. The minimum atomic E-state index is -0.482. The number of nitrogens with zero attached hydrogens (tertiary/aromatic N) is 2. The molecule has 1 heterocycles. The summed E-state index contributed by atoms with van der Waals surface area (Å²) >= 11 is 0. The molecule has 0 atom stereocenters. The first-order valence-corrected chi connectivity index (χ1v) is 7.73. The summed E-state index contributed by atoms with van der Waals surface area (Å²) in [6, 6.07) is 0. The summed E-state index contributed by atoms with van der Waals surface area (Å²) in [7, 11) is 0. The lowest BCUT2D eigenvalue weighted by Crippen LogP contribution is -2.39. The predicted octanol–water partition coefficient (Wildman–Crippen LogP) is 3.06. The van der Waals surface area contributed by atoms with Crippen LogP contribution in [-0.4, -0.2) is 53.6 Å². The van der Waals surface area contributed by atoms with Crippen LogP contribution in [0, 0.1) is 0 Å². The molecule has 2 amide bonds. The Bertz CT molecular complexity index is 359. The Morgan fingerprint density at radius 2 is 1.52 bits per heavy atom. The van der Waals surface area contributed by atoms with Crippen molar-refractivity contribution < 1.29 is 14.3 Å². The predicted molar refractivity (Wildman–Crippen MR) is 85.2 cm³/mol. The molecule has 0 N–H and O–H groups in total. The summed E-state index contributed by atoms with van der Waals surface area (Å²) < 4.78 is 5.35. The summed E-state index contributed by atoms with van der Waals surface area (Å²) in [6.45, 7) is 13.8. The molecule has 122 valence electrons. The molecule has 1 fully saturated rings. The van der Waals surface area contributed by atoms with Gasteiger partial charge in [0.25, 0.3) is 0 Å². The van der Waals surface area contributed by atoms with Crippen molar-refractivity contribution >= 4 is 12.0 Å². The number of carbonyl (C=O) groups is 2. The van der Waals surface area contributed by atoms with Gasteiger partial charge in [0.15, 0.2) is 0 Å². The molecule has 0 spiro atoms. The van der Waals surface area contributed by atoms with Gasteiger partial charge in [0.1, 0.15) is 5.60 Å². The van der Waals surface area contributed by atoms with Crippen molar-refractivity contribution in [3.05, 3.63) is 12.2 Å². The summed E-state index contributed by atoms with van der Waals surface area (Å²) in [5.74, 6) is 0.00791. The van der Waals surface area contributed by atoms with E-state index in [4.69, 9.17) is 4.74 Å². The van der Waals surface area contributed by atoms with Gasteiger partial charge in [-0.3, -0.25) is 4.79 Å². The Morgan fingerprint density at radius 3 is 2.05 bits per heavy atom. The van der Waals surface area contributed by atoms with Gasteiger partial charge in [-0.15, -0.1) is 0 Å². The third kappa shape index (κ3) is 7.73. The molecule has 1 aliphatic heterocycles. The molecule has 0 saturated carbocycles. The smallest absolute Gasteiger partial charge is 0.410 e. The molecule has 0 aliphatic carbocycles. The Morgan fingerprint density at radius 1 is 1.00 bits per heavy atom. The minimum Gasteiger partial charge on any atom is -0.444 e. The average Bonchev–Trinajstić information content (AvgIpc) is 2.65. The first-order chi connectivity index (χ1) is 9.83. The maximum absolute atomic E-state index is 12.0. The second kappa shape index (κ2) is 9.42. The van der Waals surface area contributed by atoms with Crippen LogP contribution in [0.25, 0.3) is 0 Å². The highest BCUT2D eigenvalue weighted by Gasteiger charge is 2.25. The second-order valence-corrected chi connectivity index (χ2v) is 5.65. The second-order valence-electron chi connectivity index (χ2n) is 5.65. The van der Waals surface area contributed by atoms with E-state index in [2.05, 4.69) is 0 Å². The van der Waals surface area contributed by atoms with Gasteiger partial charge in [-0.05, 0) is 40.2 Å². The zero-order chi connectivity index (χ0) is 16.5. The first-order valence-electron chi connectivity index (χ1n) is 7.73. The molecule has 1 saturated heterocycles. The molecule has 1 aliphatic rings. The number of amides is 2. The molecule has 5 heteroatoms. The van der Waals surface area contributed by atoms with Crippen LogP contribution in [0.5, 0.6) is 0 Å². The van der Waals surface area contributed by atoms with Crippen LogP contribution in [-0.2, 0) is 9.53 Å². The van der Waals surface area contributed by atoms with Gasteiger partial charge < -0.3 is 14.5 Å². The van der Waals surface area contributed by atoms with E-state index in [0.29, 0.717) is 26.2 Å². The number of ether oxygens (including phenoxy) is 1. The quantitative estimate of drug-likeness (QED) is 0.699. The maximum Gasteiger partial charge on any atom is 0.410 e. The van der Waals surface area contributed by atoms with Crippen molar-refractivity contribution in [3.63, 3.8) is 0 Å². The van der Waals surface area contributed by atoms with Crippen LogP contribution in [0.15, 0.2) is 12.2 Å². The zero-order valence-electron chi connectivity index (χ0n) is 14.3. The summed E-state index contributed by atoms with van der Waals surface area (Å²) in [5, 5.41) is 0. The maximum atomic E-state index is 12.0. The highest BCUT2D eigenvalue weighted by molar-refractivity contribution is 5.87. The molecular weight excluding hydrogens is 268 g/mol. The van der Waals surface area contributed by atoms with Crippen molar-refractivity contribution in [1.29, 1.82) is 0 Å². The lowest BCUT2D eigenvalue weighted by molar-refractivity contribution is -0.125. The SMILES string of the molecule is C/C=C/C(=O)N1CCCN(C(=O)OC(C)(C)C)CC1.CC. The van der Waals surface area contributed by atoms with Gasteiger partial charge >= 0.3 is 6.09 Å². The van der Waals surface area contributed by atoms with Gasteiger partial charge in [0.2, 0.25) is 5.91 Å². The Balaban J connectivity index is 0.00000191. The van der Waals surface area contributed by atoms with E-state index in [-0.39, 0.29) is 12.0 Å². The van der Waals surface area contributed by atoms with E-state index in [1.54, 1.807) is 22.0 Å². The topological polar surface area (TPSA) is 49.9 Å². The van der Waals surface area contributed by atoms with E-state index in [9.17, 15) is 9.59 Å². The van der Waals surface area contributed by atoms with Crippen molar-refractivity contribution in [2.45, 2.75) is 53.6 Å². The molecule has 0 aromatic rings. The Labute approximate surface area is 128 Å². The van der Waals surface area contributed by atoms with Crippen molar-refractivity contribution in [2.24, 2.45) is 0 Å². The van der Waals surface area contributed by atoms with Crippen LogP contribution in [0.3, 0.4) is 0 Å². The third-order valence-electron chi connectivity index (χ3n) is 2.77. The fraction of sp³-hybridized carbons (Fsp3) is 0.750. The highest BCUT2D eigenvalue weighted by atomic mass is 16.6. The minimum absolute atomic E-state index is 0.00791. The summed E-state index contributed by atoms with van der Waals surface area (Å²) in [5.41, 5.74) is -0.482. The molecular formula is C16H30N2O3. The average molecular weight is 298 g/mol. The van der Waals surface area contributed by atoms with E-state index >= 15 is 0 Å². The van der Waals surface area contributed by atoms with Gasteiger partial charge in [-0.2, -0.15) is 0 Å². The van der Waals surface area contributed by atoms with Crippen molar-refractivity contribution in [2.75, 3.05) is 26.2 Å². The molecule has 0 bridgehead atoms. The number of rotatable bonds is 1. The lowest BCUT2D eigenvalue weighted by Gasteiger charge is -2.26. The monoisotopic (exact) mass is 298 g/mol. The molecule has 0 unspecified atom stereocenters. The fourth-order valence-corrected chi connectivity index (χ4v) is 1.89. The van der Waals surface area contributed by atoms with Crippen LogP contribution in [0.2, 0.25) is 0 Å². The van der Waals surface area contributed by atoms with Crippen LogP contribution >= 0.6 is 0 Å².